The average Bonchev–Trinajstić information content (AvgIpc) is 2.75. The first-order chi connectivity index (χ1) is 14.4. The minimum atomic E-state index is -0.916. The number of hydrogen-bond acceptors (Lipinski definition) is 4. The lowest BCUT2D eigenvalue weighted by Crippen LogP contribution is -2.56. The van der Waals surface area contributed by atoms with Crippen molar-refractivity contribution in [1.29, 1.82) is 0 Å². The molecule has 0 radical (unpaired) electrons. The van der Waals surface area contributed by atoms with E-state index in [1.807, 2.05) is 0 Å². The SMILES string of the molecule is O=C(O)[C@H]1CCCC[C@H]1C(=O)N[C@@H]1CCCC[C@@H]1NC(=O)[C@H]1CCCC[C@H]1C(=O)O. The standard InChI is InChI=1S/C22H34N2O6/c25-19(13-7-1-3-9-15(13)21(27)28)23-17-11-5-6-12-18(17)24-20(26)14-8-2-4-10-16(14)22(29)30/h13-18H,1-12H2,(H,23,25)(H,24,26)(H,27,28)(H,29,30)/t13-,14+,15+,16-,17-,18+. The molecule has 0 aromatic carbocycles. The third kappa shape index (κ3) is 5.32. The van der Waals surface area contributed by atoms with E-state index in [0.717, 1.165) is 51.4 Å². The maximum Gasteiger partial charge on any atom is 0.307 e. The molecule has 2 amide bonds. The molecule has 0 bridgehead atoms. The minimum Gasteiger partial charge on any atom is -0.481 e. The number of carboxylic acid groups (broad SMARTS) is 2. The first-order valence-electron chi connectivity index (χ1n) is 11.4. The van der Waals surface area contributed by atoms with Gasteiger partial charge in [-0.1, -0.05) is 38.5 Å². The molecule has 8 heteroatoms. The van der Waals surface area contributed by atoms with Gasteiger partial charge in [-0.05, 0) is 38.5 Å². The number of carboxylic acids is 2. The van der Waals surface area contributed by atoms with E-state index in [9.17, 15) is 29.4 Å². The Hall–Kier alpha value is -2.12. The Morgan fingerprint density at radius 2 is 0.800 bits per heavy atom. The van der Waals surface area contributed by atoms with E-state index < -0.39 is 35.6 Å². The molecule has 0 saturated heterocycles. The van der Waals surface area contributed by atoms with Gasteiger partial charge in [0.05, 0.1) is 23.7 Å². The number of nitrogens with one attached hydrogen (secondary N) is 2. The number of rotatable bonds is 6. The van der Waals surface area contributed by atoms with E-state index in [2.05, 4.69) is 10.6 Å². The molecule has 3 fully saturated rings. The van der Waals surface area contributed by atoms with Gasteiger partial charge < -0.3 is 20.8 Å². The molecule has 168 valence electrons. The van der Waals surface area contributed by atoms with Crippen LogP contribution in [0, 0.1) is 23.7 Å². The molecular formula is C22H34N2O6. The molecular weight excluding hydrogens is 388 g/mol. The van der Waals surface area contributed by atoms with Gasteiger partial charge in [0.2, 0.25) is 11.8 Å². The van der Waals surface area contributed by atoms with E-state index >= 15 is 0 Å². The van der Waals surface area contributed by atoms with Crippen LogP contribution in [0.15, 0.2) is 0 Å². The maximum absolute atomic E-state index is 12.9. The van der Waals surface area contributed by atoms with E-state index in [4.69, 9.17) is 0 Å². The summed E-state index contributed by atoms with van der Waals surface area (Å²) < 4.78 is 0. The van der Waals surface area contributed by atoms with Crippen LogP contribution in [0.3, 0.4) is 0 Å². The lowest BCUT2D eigenvalue weighted by atomic mass is 9.77. The Bertz CT molecular complexity index is 610. The summed E-state index contributed by atoms with van der Waals surface area (Å²) >= 11 is 0. The Morgan fingerprint density at radius 3 is 1.13 bits per heavy atom. The predicted molar refractivity (Wildman–Crippen MR) is 108 cm³/mol. The first kappa shape index (κ1) is 22.6. The van der Waals surface area contributed by atoms with E-state index in [0.29, 0.717) is 25.7 Å². The number of carbonyl (C=O) groups excluding carboxylic acids is 2. The topological polar surface area (TPSA) is 133 Å². The summed E-state index contributed by atoms with van der Waals surface area (Å²) in [6, 6.07) is -0.475. The first-order valence-corrected chi connectivity index (χ1v) is 11.4. The smallest absolute Gasteiger partial charge is 0.307 e. The zero-order valence-corrected chi connectivity index (χ0v) is 17.5. The van der Waals surface area contributed by atoms with Crippen molar-refractivity contribution in [2.75, 3.05) is 0 Å². The van der Waals surface area contributed by atoms with Gasteiger partial charge in [-0.25, -0.2) is 0 Å². The van der Waals surface area contributed by atoms with Crippen LogP contribution in [0.5, 0.6) is 0 Å². The quantitative estimate of drug-likeness (QED) is 0.519. The van der Waals surface area contributed by atoms with Crippen LogP contribution in [0.25, 0.3) is 0 Å². The van der Waals surface area contributed by atoms with Crippen molar-refractivity contribution in [1.82, 2.24) is 10.6 Å². The van der Waals surface area contributed by atoms with Crippen LogP contribution in [-0.2, 0) is 19.2 Å². The molecule has 3 aliphatic carbocycles. The van der Waals surface area contributed by atoms with Crippen LogP contribution in [-0.4, -0.2) is 46.0 Å². The number of amides is 2. The highest BCUT2D eigenvalue weighted by Crippen LogP contribution is 2.32. The Balaban J connectivity index is 1.63. The zero-order valence-electron chi connectivity index (χ0n) is 17.5. The van der Waals surface area contributed by atoms with Crippen molar-refractivity contribution in [2.45, 2.75) is 89.1 Å². The van der Waals surface area contributed by atoms with Crippen molar-refractivity contribution >= 4 is 23.8 Å². The van der Waals surface area contributed by atoms with Crippen molar-refractivity contribution in [3.8, 4) is 0 Å². The molecule has 8 nitrogen and oxygen atoms in total. The summed E-state index contributed by atoms with van der Waals surface area (Å²) in [4.78, 5) is 48.9. The van der Waals surface area contributed by atoms with Crippen molar-refractivity contribution in [2.24, 2.45) is 23.7 Å². The molecule has 6 atom stereocenters. The zero-order chi connectivity index (χ0) is 21.7. The predicted octanol–water partition coefficient (Wildman–Crippen LogP) is 2.31. The van der Waals surface area contributed by atoms with Gasteiger partial charge in [0.25, 0.3) is 0 Å². The van der Waals surface area contributed by atoms with Crippen LogP contribution in [0.4, 0.5) is 0 Å². The fourth-order valence-electron chi connectivity index (χ4n) is 5.54. The third-order valence-corrected chi connectivity index (χ3v) is 7.26. The summed E-state index contributed by atoms with van der Waals surface area (Å²) in [6.45, 7) is 0. The van der Waals surface area contributed by atoms with Gasteiger partial charge in [0, 0.05) is 12.1 Å². The molecule has 0 aliphatic heterocycles. The molecule has 0 heterocycles. The van der Waals surface area contributed by atoms with Crippen molar-refractivity contribution < 1.29 is 29.4 Å². The van der Waals surface area contributed by atoms with Crippen molar-refractivity contribution in [3.05, 3.63) is 0 Å². The van der Waals surface area contributed by atoms with Crippen LogP contribution in [0.1, 0.15) is 77.0 Å². The summed E-state index contributed by atoms with van der Waals surface area (Å²) in [5.41, 5.74) is 0. The van der Waals surface area contributed by atoms with Gasteiger partial charge in [-0.15, -0.1) is 0 Å². The Kier molecular flexibility index (Phi) is 7.72. The molecule has 3 rings (SSSR count). The highest BCUT2D eigenvalue weighted by molar-refractivity contribution is 5.86. The fourth-order valence-corrected chi connectivity index (χ4v) is 5.54. The maximum atomic E-state index is 12.9. The molecule has 0 spiro atoms. The number of hydrogen-bond donors (Lipinski definition) is 4. The summed E-state index contributed by atoms with van der Waals surface area (Å²) in [7, 11) is 0. The molecule has 0 aromatic rings. The van der Waals surface area contributed by atoms with Gasteiger partial charge in [0.1, 0.15) is 0 Å². The normalized spacial score (nSPS) is 34.5. The minimum absolute atomic E-state index is 0.227. The lowest BCUT2D eigenvalue weighted by molar-refractivity contribution is -0.149. The highest BCUT2D eigenvalue weighted by atomic mass is 16.4. The number of carbonyl (C=O) groups is 4. The highest BCUT2D eigenvalue weighted by Gasteiger charge is 2.40. The van der Waals surface area contributed by atoms with Gasteiger partial charge in [-0.2, -0.15) is 0 Å². The van der Waals surface area contributed by atoms with Crippen LogP contribution < -0.4 is 10.6 Å². The molecule has 3 saturated carbocycles. The van der Waals surface area contributed by atoms with Gasteiger partial charge in [0.15, 0.2) is 0 Å². The van der Waals surface area contributed by atoms with Gasteiger partial charge >= 0.3 is 11.9 Å². The average molecular weight is 423 g/mol. The number of aliphatic carboxylic acids is 2. The lowest BCUT2D eigenvalue weighted by Gasteiger charge is -2.37. The van der Waals surface area contributed by atoms with Crippen LogP contribution in [0.2, 0.25) is 0 Å². The summed E-state index contributed by atoms with van der Waals surface area (Å²) in [5, 5.41) is 25.0. The molecule has 0 unspecified atom stereocenters. The molecule has 4 N–H and O–H groups in total. The summed E-state index contributed by atoms with van der Waals surface area (Å²) in [6.07, 6.45) is 8.90. The third-order valence-electron chi connectivity index (χ3n) is 7.26. The van der Waals surface area contributed by atoms with E-state index in [-0.39, 0.29) is 23.9 Å². The molecule has 0 aromatic heterocycles. The largest absolute Gasteiger partial charge is 0.481 e. The monoisotopic (exact) mass is 422 g/mol. The molecule has 30 heavy (non-hydrogen) atoms. The second kappa shape index (κ2) is 10.3. The second-order valence-electron chi connectivity index (χ2n) is 9.19. The Labute approximate surface area is 177 Å². The fraction of sp³-hybridized carbons (Fsp3) is 0.818. The van der Waals surface area contributed by atoms with E-state index in [1.165, 1.54) is 0 Å². The van der Waals surface area contributed by atoms with Gasteiger partial charge in [-0.3, -0.25) is 19.2 Å². The summed E-state index contributed by atoms with van der Waals surface area (Å²) in [5.74, 6) is -4.62. The van der Waals surface area contributed by atoms with Crippen LogP contribution >= 0.6 is 0 Å². The molecule has 3 aliphatic rings. The van der Waals surface area contributed by atoms with E-state index in [1.54, 1.807) is 0 Å². The Morgan fingerprint density at radius 1 is 0.500 bits per heavy atom. The van der Waals surface area contributed by atoms with Crippen molar-refractivity contribution in [3.63, 3.8) is 0 Å². The second-order valence-corrected chi connectivity index (χ2v) is 9.19.